The fraction of sp³-hybridized carbons (Fsp3) is 0.333. The summed E-state index contributed by atoms with van der Waals surface area (Å²) in [6.07, 6.45) is 1.42. The lowest BCUT2D eigenvalue weighted by Gasteiger charge is -2.34. The number of fused-ring (bicyclic) bond motifs is 1. The van der Waals surface area contributed by atoms with Gasteiger partial charge in [0.25, 0.3) is 0 Å². The molecule has 24 heavy (non-hydrogen) atoms. The predicted molar refractivity (Wildman–Crippen MR) is 93.2 cm³/mol. The summed E-state index contributed by atoms with van der Waals surface area (Å²) in [5, 5.41) is 15.8. The third kappa shape index (κ3) is 2.76. The number of thiazole rings is 1. The molecule has 0 aliphatic carbocycles. The van der Waals surface area contributed by atoms with Gasteiger partial charge in [-0.1, -0.05) is 40.6 Å². The summed E-state index contributed by atoms with van der Waals surface area (Å²) in [7, 11) is 0. The van der Waals surface area contributed by atoms with Crippen LogP contribution in [0.3, 0.4) is 0 Å². The van der Waals surface area contributed by atoms with Gasteiger partial charge in [0, 0.05) is 23.1 Å². The Morgan fingerprint density at radius 3 is 2.75 bits per heavy atom. The summed E-state index contributed by atoms with van der Waals surface area (Å²) in [6.45, 7) is 2.78. The fourth-order valence-electron chi connectivity index (χ4n) is 2.93. The number of aromatic hydroxyl groups is 1. The van der Waals surface area contributed by atoms with Crippen molar-refractivity contribution < 1.29 is 9.84 Å². The summed E-state index contributed by atoms with van der Waals surface area (Å²) in [4.78, 5) is 7.82. The molecule has 126 valence electrons. The summed E-state index contributed by atoms with van der Waals surface area (Å²) in [5.74, 6) is 0.0926. The van der Waals surface area contributed by atoms with Crippen LogP contribution in [0.5, 0.6) is 5.88 Å². The molecule has 1 aromatic carbocycles. The molecule has 1 aliphatic heterocycles. The lowest BCUT2D eigenvalue weighted by Crippen LogP contribution is -2.39. The number of ether oxygens (including phenoxy) is 1. The van der Waals surface area contributed by atoms with E-state index in [4.69, 9.17) is 27.9 Å². The Morgan fingerprint density at radius 1 is 1.25 bits per heavy atom. The molecule has 0 radical (unpaired) electrons. The standard InChI is InChI=1S/C15H14Cl2N4O2S/c16-9-1-2-10(11(17)7-9)12(20-3-5-23-6-4-20)13-14(22)21-15(24-13)18-8-19-21/h1-2,7-8,12,22H,3-6H2. The number of hydrogen-bond acceptors (Lipinski definition) is 6. The maximum Gasteiger partial charge on any atom is 0.230 e. The van der Waals surface area contributed by atoms with Crippen LogP contribution in [-0.2, 0) is 4.74 Å². The van der Waals surface area contributed by atoms with Crippen molar-refractivity contribution in [3.8, 4) is 5.88 Å². The van der Waals surface area contributed by atoms with Crippen LogP contribution in [-0.4, -0.2) is 50.9 Å². The van der Waals surface area contributed by atoms with Crippen molar-refractivity contribution in [1.29, 1.82) is 0 Å². The van der Waals surface area contributed by atoms with Gasteiger partial charge in [0.05, 0.1) is 24.1 Å². The predicted octanol–water partition coefficient (Wildman–Crippen LogP) is 3.22. The van der Waals surface area contributed by atoms with E-state index in [9.17, 15) is 5.11 Å². The Labute approximate surface area is 152 Å². The number of nitrogens with zero attached hydrogens (tertiary/aromatic N) is 4. The topological polar surface area (TPSA) is 62.9 Å². The van der Waals surface area contributed by atoms with E-state index in [0.29, 0.717) is 28.2 Å². The Morgan fingerprint density at radius 2 is 2.04 bits per heavy atom. The van der Waals surface area contributed by atoms with E-state index in [1.165, 1.54) is 22.2 Å². The first kappa shape index (κ1) is 16.1. The smallest absolute Gasteiger partial charge is 0.230 e. The van der Waals surface area contributed by atoms with E-state index >= 15 is 0 Å². The fourth-order valence-corrected chi connectivity index (χ4v) is 4.53. The highest BCUT2D eigenvalue weighted by atomic mass is 35.5. The normalized spacial score (nSPS) is 17.4. The molecule has 0 saturated carbocycles. The Kier molecular flexibility index (Phi) is 4.36. The third-order valence-corrected chi connectivity index (χ3v) is 5.70. The van der Waals surface area contributed by atoms with E-state index in [2.05, 4.69) is 15.0 Å². The quantitative estimate of drug-likeness (QED) is 0.750. The van der Waals surface area contributed by atoms with Gasteiger partial charge in [-0.25, -0.2) is 4.98 Å². The zero-order valence-electron chi connectivity index (χ0n) is 12.5. The number of benzene rings is 1. The van der Waals surface area contributed by atoms with Crippen LogP contribution in [0.4, 0.5) is 0 Å². The zero-order valence-corrected chi connectivity index (χ0v) is 14.9. The first-order chi connectivity index (χ1) is 11.6. The van der Waals surface area contributed by atoms with Crippen molar-refractivity contribution in [2.75, 3.05) is 26.3 Å². The monoisotopic (exact) mass is 384 g/mol. The molecular weight excluding hydrogens is 371 g/mol. The van der Waals surface area contributed by atoms with Gasteiger partial charge in [0.15, 0.2) is 0 Å². The van der Waals surface area contributed by atoms with Crippen LogP contribution in [0.1, 0.15) is 16.5 Å². The number of hydrogen-bond donors (Lipinski definition) is 1. The van der Waals surface area contributed by atoms with Gasteiger partial charge in [0.2, 0.25) is 10.8 Å². The summed E-state index contributed by atoms with van der Waals surface area (Å²) >= 11 is 13.9. The van der Waals surface area contributed by atoms with Crippen LogP contribution in [0.25, 0.3) is 4.96 Å². The summed E-state index contributed by atoms with van der Waals surface area (Å²) in [5.41, 5.74) is 0.891. The highest BCUT2D eigenvalue weighted by Gasteiger charge is 2.31. The number of morpholine rings is 1. The molecule has 1 aliphatic rings. The van der Waals surface area contributed by atoms with Gasteiger partial charge in [-0.2, -0.15) is 9.61 Å². The molecule has 1 fully saturated rings. The zero-order chi connectivity index (χ0) is 16.7. The molecule has 4 rings (SSSR count). The van der Waals surface area contributed by atoms with Gasteiger partial charge in [-0.3, -0.25) is 4.90 Å². The van der Waals surface area contributed by atoms with Crippen molar-refractivity contribution in [2.24, 2.45) is 0 Å². The summed E-state index contributed by atoms with van der Waals surface area (Å²) in [6, 6.07) is 5.23. The number of rotatable bonds is 3. The Bertz CT molecular complexity index is 876. The molecule has 2 aromatic heterocycles. The Balaban J connectivity index is 1.86. The van der Waals surface area contributed by atoms with Gasteiger partial charge >= 0.3 is 0 Å². The molecule has 3 aromatic rings. The van der Waals surface area contributed by atoms with E-state index in [-0.39, 0.29) is 11.9 Å². The second kappa shape index (κ2) is 6.50. The van der Waals surface area contributed by atoms with Gasteiger partial charge < -0.3 is 9.84 Å². The van der Waals surface area contributed by atoms with Crippen LogP contribution in [0, 0.1) is 0 Å². The van der Waals surface area contributed by atoms with Crippen molar-refractivity contribution in [1.82, 2.24) is 19.5 Å². The Hall–Kier alpha value is -1.38. The highest BCUT2D eigenvalue weighted by Crippen LogP contribution is 2.42. The molecule has 0 bridgehead atoms. The van der Waals surface area contributed by atoms with E-state index in [1.807, 2.05) is 12.1 Å². The lowest BCUT2D eigenvalue weighted by molar-refractivity contribution is 0.0241. The van der Waals surface area contributed by atoms with Crippen LogP contribution >= 0.6 is 34.5 Å². The maximum absolute atomic E-state index is 10.6. The molecule has 6 nitrogen and oxygen atoms in total. The molecule has 0 amide bonds. The number of halogens is 2. The van der Waals surface area contributed by atoms with Gasteiger partial charge in [-0.15, -0.1) is 0 Å². The average Bonchev–Trinajstić information content (AvgIpc) is 3.15. The van der Waals surface area contributed by atoms with E-state index < -0.39 is 0 Å². The third-order valence-electron chi connectivity index (χ3n) is 4.05. The number of aromatic nitrogens is 3. The molecule has 1 saturated heterocycles. The van der Waals surface area contributed by atoms with E-state index in [0.717, 1.165) is 23.5 Å². The van der Waals surface area contributed by atoms with Crippen LogP contribution < -0.4 is 0 Å². The summed E-state index contributed by atoms with van der Waals surface area (Å²) < 4.78 is 6.90. The van der Waals surface area contributed by atoms with Crippen molar-refractivity contribution in [3.05, 3.63) is 45.0 Å². The molecule has 1 N–H and O–H groups in total. The first-order valence-corrected chi connectivity index (χ1v) is 9.00. The second-order valence-electron chi connectivity index (χ2n) is 5.46. The molecule has 9 heteroatoms. The lowest BCUT2D eigenvalue weighted by atomic mass is 10.0. The maximum atomic E-state index is 10.6. The van der Waals surface area contributed by atoms with Gasteiger partial charge in [-0.05, 0) is 17.7 Å². The minimum Gasteiger partial charge on any atom is -0.492 e. The van der Waals surface area contributed by atoms with Crippen molar-refractivity contribution in [2.45, 2.75) is 6.04 Å². The second-order valence-corrected chi connectivity index (χ2v) is 7.31. The van der Waals surface area contributed by atoms with Crippen molar-refractivity contribution >= 4 is 39.5 Å². The minimum absolute atomic E-state index is 0.0926. The molecule has 1 atom stereocenters. The van der Waals surface area contributed by atoms with Crippen molar-refractivity contribution in [3.63, 3.8) is 0 Å². The molecule has 3 heterocycles. The van der Waals surface area contributed by atoms with Crippen LogP contribution in [0.15, 0.2) is 24.5 Å². The van der Waals surface area contributed by atoms with Crippen LogP contribution in [0.2, 0.25) is 10.0 Å². The minimum atomic E-state index is -0.202. The SMILES string of the molecule is Oc1c(C(c2ccc(Cl)cc2Cl)N2CCOCC2)sc2ncnn12. The first-order valence-electron chi connectivity index (χ1n) is 7.43. The molecule has 1 unspecified atom stereocenters. The largest absolute Gasteiger partial charge is 0.492 e. The van der Waals surface area contributed by atoms with E-state index in [1.54, 1.807) is 6.07 Å². The molecular formula is C15H14Cl2N4O2S. The van der Waals surface area contributed by atoms with Gasteiger partial charge in [0.1, 0.15) is 6.33 Å². The highest BCUT2D eigenvalue weighted by molar-refractivity contribution is 7.17. The average molecular weight is 385 g/mol. The molecule has 0 spiro atoms.